The minimum atomic E-state index is -4.91. The maximum Gasteiger partial charge on any atom is 0.472 e. The fourth-order valence-electron chi connectivity index (χ4n) is 5.09. The van der Waals surface area contributed by atoms with E-state index in [4.69, 9.17) is 23.8 Å². The number of hydrogen-bond donors (Lipinski definition) is 7. The standard InChI is InChI=1S/C46H74O16P2/c1-3-5-7-8-9-10-11-12-13-14-15-16-17-18-19-24-28-34-46(52)62-42(39-61-64(56,57)60-37-41(48)36-59-63(53,54)55)38-58-45(51)35-29-33-44(50)43(49)32-27-23-21-20-22-26-31-40(47)30-25-6-4-2/h5-7,9-10,12-13,15-16,20-23,25-27,31-32,40-44,47-50H,3-4,8,11,14,17-19,24,28-30,33-39H2,1-2H3,(H,56,57)(H2,53,54,55)/b7-5-,10-9-,13-12-,16-15-,22-20+,23-21-,25-6-,31-26+,32-27-/t40-,41+,42-,43+,44+/m1/s1. The molecule has 0 saturated heterocycles. The van der Waals surface area contributed by atoms with Crippen molar-refractivity contribution < 1.29 is 76.9 Å². The number of phosphoric ester groups is 2. The molecule has 18 heteroatoms. The normalized spacial score (nSPS) is 16.5. The van der Waals surface area contributed by atoms with Gasteiger partial charge in [-0.15, -0.1) is 0 Å². The Labute approximate surface area is 380 Å². The molecule has 0 fully saturated rings. The minimum Gasteiger partial charge on any atom is -0.462 e. The number of aliphatic hydroxyl groups excluding tert-OH is 4. The Morgan fingerprint density at radius 3 is 1.73 bits per heavy atom. The van der Waals surface area contributed by atoms with Gasteiger partial charge in [-0.1, -0.05) is 136 Å². The smallest absolute Gasteiger partial charge is 0.462 e. The van der Waals surface area contributed by atoms with Crippen LogP contribution in [-0.2, 0) is 41.8 Å². The van der Waals surface area contributed by atoms with Crippen molar-refractivity contribution in [2.75, 3.05) is 26.4 Å². The van der Waals surface area contributed by atoms with E-state index < -0.39 is 84.5 Å². The molecule has 0 rings (SSSR count). The van der Waals surface area contributed by atoms with Crippen LogP contribution in [0.15, 0.2) is 109 Å². The second kappa shape index (κ2) is 40.0. The highest BCUT2D eigenvalue weighted by atomic mass is 31.2. The molecule has 64 heavy (non-hydrogen) atoms. The van der Waals surface area contributed by atoms with Crippen LogP contribution in [0.4, 0.5) is 0 Å². The largest absolute Gasteiger partial charge is 0.472 e. The summed E-state index contributed by atoms with van der Waals surface area (Å²) >= 11 is 0. The zero-order valence-electron chi connectivity index (χ0n) is 37.4. The Morgan fingerprint density at radius 1 is 0.562 bits per heavy atom. The first-order valence-electron chi connectivity index (χ1n) is 21.9. The minimum absolute atomic E-state index is 0.0222. The van der Waals surface area contributed by atoms with Gasteiger partial charge in [-0.25, -0.2) is 9.13 Å². The first-order chi connectivity index (χ1) is 30.6. The fourth-order valence-corrected chi connectivity index (χ4v) is 6.25. The first kappa shape index (κ1) is 60.7. The van der Waals surface area contributed by atoms with Crippen LogP contribution in [-0.4, -0.2) is 104 Å². The summed E-state index contributed by atoms with van der Waals surface area (Å²) in [5, 5.41) is 40.2. The Balaban J connectivity index is 4.89. The van der Waals surface area contributed by atoms with Crippen LogP contribution < -0.4 is 0 Å². The zero-order chi connectivity index (χ0) is 47.7. The molecule has 0 spiro atoms. The van der Waals surface area contributed by atoms with Gasteiger partial charge in [-0.2, -0.15) is 0 Å². The van der Waals surface area contributed by atoms with Crippen molar-refractivity contribution in [1.82, 2.24) is 0 Å². The van der Waals surface area contributed by atoms with E-state index in [2.05, 4.69) is 64.6 Å². The van der Waals surface area contributed by atoms with E-state index in [-0.39, 0.29) is 25.7 Å². The lowest BCUT2D eigenvalue weighted by Gasteiger charge is -2.20. The van der Waals surface area contributed by atoms with Crippen molar-refractivity contribution in [2.45, 2.75) is 141 Å². The molecule has 0 aromatic heterocycles. The van der Waals surface area contributed by atoms with Gasteiger partial charge in [0.05, 0.1) is 38.1 Å². The quantitative estimate of drug-likeness (QED) is 0.0101. The number of aliphatic hydroxyl groups is 4. The lowest BCUT2D eigenvalue weighted by atomic mass is 10.1. The molecule has 7 N–H and O–H groups in total. The van der Waals surface area contributed by atoms with Crippen LogP contribution >= 0.6 is 15.6 Å². The third-order valence-corrected chi connectivity index (χ3v) is 9.93. The molecule has 0 amide bonds. The molecule has 0 bridgehead atoms. The van der Waals surface area contributed by atoms with E-state index >= 15 is 0 Å². The van der Waals surface area contributed by atoms with Gasteiger partial charge in [0, 0.05) is 12.8 Å². The van der Waals surface area contributed by atoms with Gasteiger partial charge >= 0.3 is 27.6 Å². The molecular formula is C46H74O16P2. The van der Waals surface area contributed by atoms with Crippen LogP contribution in [0.5, 0.6) is 0 Å². The Kier molecular flexibility index (Phi) is 37.9. The van der Waals surface area contributed by atoms with E-state index in [9.17, 15) is 44.0 Å². The summed E-state index contributed by atoms with van der Waals surface area (Å²) in [7, 11) is -9.82. The fraction of sp³-hybridized carbons (Fsp3) is 0.565. The summed E-state index contributed by atoms with van der Waals surface area (Å²) in [6.07, 6.45) is 37.4. The summed E-state index contributed by atoms with van der Waals surface area (Å²) < 4.78 is 47.5. The molecule has 0 radical (unpaired) electrons. The van der Waals surface area contributed by atoms with Crippen LogP contribution in [0, 0.1) is 0 Å². The Hall–Kier alpha value is -3.34. The molecule has 0 heterocycles. The number of unbranched alkanes of at least 4 members (excludes halogenated alkanes) is 4. The summed E-state index contributed by atoms with van der Waals surface area (Å²) in [4.78, 5) is 52.8. The summed E-state index contributed by atoms with van der Waals surface area (Å²) in [5.41, 5.74) is 0. The van der Waals surface area contributed by atoms with Gasteiger partial charge < -0.3 is 44.6 Å². The zero-order valence-corrected chi connectivity index (χ0v) is 39.2. The van der Waals surface area contributed by atoms with Crippen molar-refractivity contribution in [2.24, 2.45) is 0 Å². The lowest BCUT2D eigenvalue weighted by molar-refractivity contribution is -0.161. The highest BCUT2D eigenvalue weighted by Crippen LogP contribution is 2.43. The molecule has 0 aliphatic carbocycles. The predicted molar refractivity (Wildman–Crippen MR) is 247 cm³/mol. The van der Waals surface area contributed by atoms with E-state index in [0.717, 1.165) is 57.8 Å². The number of carbonyl (C=O) groups excluding carboxylic acids is 2. The lowest BCUT2D eigenvalue weighted by Crippen LogP contribution is -2.30. The number of allylic oxidation sites excluding steroid dienone is 15. The second-order valence-electron chi connectivity index (χ2n) is 14.4. The summed E-state index contributed by atoms with van der Waals surface area (Å²) in [6, 6.07) is 0. The van der Waals surface area contributed by atoms with Gasteiger partial charge in [0.2, 0.25) is 0 Å². The molecule has 0 aromatic carbocycles. The molecular weight excluding hydrogens is 870 g/mol. The summed E-state index contributed by atoms with van der Waals surface area (Å²) in [5.74, 6) is -1.40. The molecule has 0 aliphatic rings. The van der Waals surface area contributed by atoms with E-state index in [1.807, 2.05) is 19.1 Å². The van der Waals surface area contributed by atoms with E-state index in [0.29, 0.717) is 12.8 Å². The van der Waals surface area contributed by atoms with Gasteiger partial charge in [0.25, 0.3) is 0 Å². The van der Waals surface area contributed by atoms with Crippen molar-refractivity contribution >= 4 is 27.6 Å². The monoisotopic (exact) mass is 944 g/mol. The van der Waals surface area contributed by atoms with Gasteiger partial charge in [-0.3, -0.25) is 23.2 Å². The maximum atomic E-state index is 12.7. The average Bonchev–Trinajstić information content (AvgIpc) is 3.24. The Morgan fingerprint density at radius 2 is 1.09 bits per heavy atom. The Bertz CT molecular complexity index is 1590. The average molecular weight is 945 g/mol. The van der Waals surface area contributed by atoms with Gasteiger partial charge in [-0.05, 0) is 70.6 Å². The molecule has 0 saturated carbocycles. The van der Waals surface area contributed by atoms with Crippen molar-refractivity contribution in [1.29, 1.82) is 0 Å². The van der Waals surface area contributed by atoms with Gasteiger partial charge in [0.15, 0.2) is 6.10 Å². The van der Waals surface area contributed by atoms with Crippen LogP contribution in [0.1, 0.15) is 110 Å². The topological polar surface area (TPSA) is 256 Å². The van der Waals surface area contributed by atoms with Crippen molar-refractivity contribution in [3.8, 4) is 0 Å². The molecule has 0 aliphatic heterocycles. The van der Waals surface area contributed by atoms with Crippen LogP contribution in [0.25, 0.3) is 0 Å². The van der Waals surface area contributed by atoms with E-state index in [1.165, 1.54) is 6.08 Å². The summed E-state index contributed by atoms with van der Waals surface area (Å²) in [6.45, 7) is 1.01. The van der Waals surface area contributed by atoms with Crippen LogP contribution in [0.3, 0.4) is 0 Å². The molecule has 16 nitrogen and oxygen atoms in total. The van der Waals surface area contributed by atoms with Crippen molar-refractivity contribution in [3.63, 3.8) is 0 Å². The highest BCUT2D eigenvalue weighted by Gasteiger charge is 2.28. The molecule has 6 atom stereocenters. The van der Waals surface area contributed by atoms with Gasteiger partial charge in [0.1, 0.15) is 12.7 Å². The number of rotatable bonds is 39. The number of hydrogen-bond acceptors (Lipinski definition) is 13. The first-order valence-corrected chi connectivity index (χ1v) is 24.9. The van der Waals surface area contributed by atoms with E-state index in [1.54, 1.807) is 42.5 Å². The highest BCUT2D eigenvalue weighted by molar-refractivity contribution is 7.47. The number of esters is 2. The number of phosphoric acid groups is 2. The number of carbonyl (C=O) groups is 2. The third kappa shape index (κ3) is 41.4. The molecule has 0 aromatic rings. The molecule has 1 unspecified atom stereocenters. The van der Waals surface area contributed by atoms with Crippen molar-refractivity contribution in [3.05, 3.63) is 109 Å². The number of ether oxygens (including phenoxy) is 2. The second-order valence-corrected chi connectivity index (χ2v) is 17.1. The maximum absolute atomic E-state index is 12.7. The SMILES string of the molecule is CC/C=C\C/C=C\C/C=C\C/C=C\CCCCCCC(=O)O[C@H](COC(=O)CCC[C@H](O)[C@@H](O)\C=C/C=C\C=C\C=C\[C@H](O)C/C=C\CC)COP(=O)(O)OC[C@@H](O)COP(=O)(O)O. The third-order valence-electron chi connectivity index (χ3n) is 8.49. The predicted octanol–water partition coefficient (Wildman–Crippen LogP) is 8.03. The molecule has 364 valence electrons. The van der Waals surface area contributed by atoms with Crippen LogP contribution in [0.2, 0.25) is 0 Å².